The highest BCUT2D eigenvalue weighted by Crippen LogP contribution is 2.18. The molecule has 1 aliphatic heterocycles. The van der Waals surface area contributed by atoms with Crippen molar-refractivity contribution in [1.82, 2.24) is 0 Å². The van der Waals surface area contributed by atoms with E-state index in [1.165, 1.54) is 6.92 Å². The van der Waals surface area contributed by atoms with Crippen LogP contribution >= 0.6 is 0 Å². The molecule has 0 amide bonds. The van der Waals surface area contributed by atoms with Gasteiger partial charge in [-0.3, -0.25) is 4.79 Å². The van der Waals surface area contributed by atoms with Crippen molar-refractivity contribution in [3.8, 4) is 0 Å². The van der Waals surface area contributed by atoms with Crippen LogP contribution in [-0.2, 0) is 4.74 Å². The van der Waals surface area contributed by atoms with Crippen molar-refractivity contribution in [2.75, 3.05) is 11.9 Å². The van der Waals surface area contributed by atoms with E-state index < -0.39 is 12.2 Å². The number of hydrogen-bond donors (Lipinski definition) is 3. The second kappa shape index (κ2) is 5.48. The van der Waals surface area contributed by atoms with Gasteiger partial charge >= 0.3 is 0 Å². The third-order valence-electron chi connectivity index (χ3n) is 2.99. The van der Waals surface area contributed by atoms with Gasteiger partial charge in [-0.25, -0.2) is 0 Å². The van der Waals surface area contributed by atoms with Gasteiger partial charge in [0, 0.05) is 17.7 Å². The zero-order chi connectivity index (χ0) is 13.1. The average Bonchev–Trinajstić information content (AvgIpc) is 2.34. The van der Waals surface area contributed by atoms with Gasteiger partial charge in [0.05, 0.1) is 12.7 Å². The molecule has 1 aromatic rings. The lowest BCUT2D eigenvalue weighted by molar-refractivity contribution is -0.112. The summed E-state index contributed by atoms with van der Waals surface area (Å²) < 4.78 is 5.35. The summed E-state index contributed by atoms with van der Waals surface area (Å²) in [5, 5.41) is 21.9. The first kappa shape index (κ1) is 13.0. The maximum atomic E-state index is 11.1. The number of Topliss-reactive ketones (excluding diaryl/α,β-unsaturated/α-hetero) is 1. The van der Waals surface area contributed by atoms with Crippen LogP contribution in [0.4, 0.5) is 5.69 Å². The molecule has 98 valence electrons. The Morgan fingerprint density at radius 3 is 2.50 bits per heavy atom. The Hall–Kier alpha value is -1.43. The fraction of sp³-hybridized carbons (Fsp3) is 0.462. The number of benzene rings is 1. The van der Waals surface area contributed by atoms with Crippen LogP contribution in [0.25, 0.3) is 0 Å². The lowest BCUT2D eigenvalue weighted by Crippen LogP contribution is -2.44. The quantitative estimate of drug-likeness (QED) is 0.691. The van der Waals surface area contributed by atoms with Gasteiger partial charge in [-0.2, -0.15) is 0 Å². The molecule has 0 saturated carbocycles. The fourth-order valence-corrected chi connectivity index (χ4v) is 1.86. The van der Waals surface area contributed by atoms with Crippen molar-refractivity contribution >= 4 is 11.5 Å². The van der Waals surface area contributed by atoms with E-state index in [1.54, 1.807) is 24.3 Å². The molecule has 1 fully saturated rings. The molecule has 0 aromatic heterocycles. The number of nitrogens with one attached hydrogen (secondary N) is 1. The molecule has 3 N–H and O–H groups in total. The van der Waals surface area contributed by atoms with Crippen molar-refractivity contribution in [3.63, 3.8) is 0 Å². The van der Waals surface area contributed by atoms with Gasteiger partial charge in [0.25, 0.3) is 0 Å². The summed E-state index contributed by atoms with van der Waals surface area (Å²) in [6.07, 6.45) is -1.59. The number of ether oxygens (including phenoxy) is 1. The highest BCUT2D eigenvalue weighted by atomic mass is 16.5. The van der Waals surface area contributed by atoms with Crippen molar-refractivity contribution in [2.24, 2.45) is 0 Å². The van der Waals surface area contributed by atoms with Crippen LogP contribution in [0.3, 0.4) is 0 Å². The van der Waals surface area contributed by atoms with E-state index in [0.717, 1.165) is 5.69 Å². The lowest BCUT2D eigenvalue weighted by Gasteiger charge is -2.31. The van der Waals surface area contributed by atoms with Crippen LogP contribution in [-0.4, -0.2) is 41.0 Å². The number of ketones is 1. The third-order valence-corrected chi connectivity index (χ3v) is 2.99. The summed E-state index contributed by atoms with van der Waals surface area (Å²) in [6.45, 7) is 1.63. The minimum Gasteiger partial charge on any atom is -0.390 e. The van der Waals surface area contributed by atoms with Gasteiger partial charge in [0.2, 0.25) is 0 Å². The average molecular weight is 251 g/mol. The minimum atomic E-state index is -0.817. The maximum absolute atomic E-state index is 11.1. The highest BCUT2D eigenvalue weighted by Gasteiger charge is 2.28. The summed E-state index contributed by atoms with van der Waals surface area (Å²) in [4.78, 5) is 11.1. The number of carbonyl (C=O) groups is 1. The molecule has 0 radical (unpaired) electrons. The molecule has 1 aliphatic rings. The number of aliphatic hydroxyl groups is 2. The van der Waals surface area contributed by atoms with Gasteiger partial charge in [-0.15, -0.1) is 0 Å². The van der Waals surface area contributed by atoms with E-state index in [9.17, 15) is 15.0 Å². The number of hydrogen-bond acceptors (Lipinski definition) is 5. The Kier molecular flexibility index (Phi) is 3.96. The van der Waals surface area contributed by atoms with Gasteiger partial charge < -0.3 is 20.3 Å². The molecule has 5 nitrogen and oxygen atoms in total. The summed E-state index contributed by atoms with van der Waals surface area (Å²) in [6, 6.07) is 7.05. The zero-order valence-corrected chi connectivity index (χ0v) is 10.2. The fourth-order valence-electron chi connectivity index (χ4n) is 1.86. The van der Waals surface area contributed by atoms with E-state index in [1.807, 2.05) is 0 Å². The molecule has 0 bridgehead atoms. The first-order chi connectivity index (χ1) is 8.56. The SMILES string of the molecule is CC(=O)c1ccc(N[C@@H]2C[C@H](O)[C@H](O)CO2)cc1. The number of rotatable bonds is 3. The molecule has 3 atom stereocenters. The van der Waals surface area contributed by atoms with Crippen molar-refractivity contribution in [2.45, 2.75) is 31.8 Å². The van der Waals surface area contributed by atoms with Crippen LogP contribution in [0.2, 0.25) is 0 Å². The number of carbonyl (C=O) groups excluding carboxylic acids is 1. The Labute approximate surface area is 105 Å². The molecule has 0 aliphatic carbocycles. The first-order valence-corrected chi connectivity index (χ1v) is 5.91. The van der Waals surface area contributed by atoms with Crippen LogP contribution < -0.4 is 5.32 Å². The second-order valence-corrected chi connectivity index (χ2v) is 4.47. The topological polar surface area (TPSA) is 78.8 Å². The molecule has 0 unspecified atom stereocenters. The summed E-state index contributed by atoms with van der Waals surface area (Å²) in [7, 11) is 0. The second-order valence-electron chi connectivity index (χ2n) is 4.47. The van der Waals surface area contributed by atoms with Crippen LogP contribution in [0.1, 0.15) is 23.7 Å². The minimum absolute atomic E-state index is 0.0222. The summed E-state index contributed by atoms with van der Waals surface area (Å²) in [5.41, 5.74) is 1.47. The largest absolute Gasteiger partial charge is 0.390 e. The van der Waals surface area contributed by atoms with Crippen LogP contribution in [0.5, 0.6) is 0 Å². The van der Waals surface area contributed by atoms with Gasteiger partial charge in [-0.1, -0.05) is 0 Å². The van der Waals surface area contributed by atoms with E-state index in [2.05, 4.69) is 5.32 Å². The van der Waals surface area contributed by atoms with Crippen molar-refractivity contribution < 1.29 is 19.7 Å². The van der Waals surface area contributed by atoms with Crippen LogP contribution in [0, 0.1) is 0 Å². The van der Waals surface area contributed by atoms with E-state index in [0.29, 0.717) is 12.0 Å². The van der Waals surface area contributed by atoms with Crippen LogP contribution in [0.15, 0.2) is 24.3 Å². The summed E-state index contributed by atoms with van der Waals surface area (Å²) in [5.74, 6) is 0.0222. The normalized spacial score (nSPS) is 27.8. The first-order valence-electron chi connectivity index (χ1n) is 5.91. The monoisotopic (exact) mass is 251 g/mol. The van der Waals surface area contributed by atoms with Gasteiger partial charge in [-0.05, 0) is 31.2 Å². The van der Waals surface area contributed by atoms with E-state index in [4.69, 9.17) is 4.74 Å². The molecule has 2 rings (SSSR count). The van der Waals surface area contributed by atoms with E-state index >= 15 is 0 Å². The highest BCUT2D eigenvalue weighted by molar-refractivity contribution is 5.94. The Morgan fingerprint density at radius 2 is 1.94 bits per heavy atom. The predicted octanol–water partition coefficient (Wildman–Crippen LogP) is 0.769. The van der Waals surface area contributed by atoms with Crippen molar-refractivity contribution in [1.29, 1.82) is 0 Å². The molecule has 0 spiro atoms. The van der Waals surface area contributed by atoms with Crippen molar-refractivity contribution in [3.05, 3.63) is 29.8 Å². The summed E-state index contributed by atoms with van der Waals surface area (Å²) >= 11 is 0. The Balaban J connectivity index is 1.95. The lowest BCUT2D eigenvalue weighted by atomic mass is 10.1. The standard InChI is InChI=1S/C13H17NO4/c1-8(15)9-2-4-10(5-3-9)14-13-6-11(16)12(17)7-18-13/h2-5,11-14,16-17H,6-7H2,1H3/t11-,12+,13-/m0/s1. The molecule has 1 saturated heterocycles. The molecular weight excluding hydrogens is 234 g/mol. The molecule has 5 heteroatoms. The maximum Gasteiger partial charge on any atom is 0.159 e. The van der Waals surface area contributed by atoms with Gasteiger partial charge in [0.15, 0.2) is 5.78 Å². The predicted molar refractivity (Wildman–Crippen MR) is 66.4 cm³/mol. The number of aliphatic hydroxyl groups excluding tert-OH is 2. The molecule has 1 heterocycles. The molecule has 18 heavy (non-hydrogen) atoms. The Bertz CT molecular complexity index is 418. The smallest absolute Gasteiger partial charge is 0.159 e. The molecule has 1 aromatic carbocycles. The van der Waals surface area contributed by atoms with Gasteiger partial charge in [0.1, 0.15) is 12.3 Å². The number of anilines is 1. The zero-order valence-electron chi connectivity index (χ0n) is 10.2. The molecular formula is C13H17NO4. The van der Waals surface area contributed by atoms with E-state index in [-0.39, 0.29) is 18.6 Å². The third kappa shape index (κ3) is 3.07. The Morgan fingerprint density at radius 1 is 1.28 bits per heavy atom.